The average Bonchev–Trinajstić information content (AvgIpc) is 2.39. The van der Waals surface area contributed by atoms with Crippen molar-refractivity contribution in [3.05, 3.63) is 71.6 Å². The van der Waals surface area contributed by atoms with Crippen molar-refractivity contribution in [3.8, 4) is 11.1 Å². The van der Waals surface area contributed by atoms with E-state index in [0.29, 0.717) is 0 Å². The van der Waals surface area contributed by atoms with Gasteiger partial charge in [-0.2, -0.15) is 4.73 Å². The molecule has 0 atom stereocenters. The SMILES string of the molecule is Cc1cc(-c2ccccc2)c2c(ccc[n+]2[O-])c1. The van der Waals surface area contributed by atoms with Crippen molar-refractivity contribution in [3.63, 3.8) is 0 Å². The van der Waals surface area contributed by atoms with Crippen molar-refractivity contribution in [2.45, 2.75) is 6.92 Å². The highest BCUT2D eigenvalue weighted by Gasteiger charge is 2.12. The number of rotatable bonds is 1. The highest BCUT2D eigenvalue weighted by Crippen LogP contribution is 2.27. The predicted molar refractivity (Wildman–Crippen MR) is 73.1 cm³/mol. The second-order valence-electron chi connectivity index (χ2n) is 4.45. The lowest BCUT2D eigenvalue weighted by Gasteiger charge is -2.08. The van der Waals surface area contributed by atoms with Crippen molar-refractivity contribution in [2.75, 3.05) is 0 Å². The first-order chi connectivity index (χ1) is 8.75. The minimum atomic E-state index is 0.731. The minimum absolute atomic E-state index is 0.731. The molecule has 0 aliphatic carbocycles. The Morgan fingerprint density at radius 2 is 1.72 bits per heavy atom. The monoisotopic (exact) mass is 235 g/mol. The summed E-state index contributed by atoms with van der Waals surface area (Å²) in [6, 6.07) is 17.9. The predicted octanol–water partition coefficient (Wildman–Crippen LogP) is 3.45. The summed E-state index contributed by atoms with van der Waals surface area (Å²) in [5.74, 6) is 0. The Hall–Kier alpha value is -2.35. The number of pyridine rings is 1. The molecule has 0 saturated carbocycles. The Morgan fingerprint density at radius 1 is 0.944 bits per heavy atom. The molecule has 0 saturated heterocycles. The molecule has 0 aliphatic heterocycles. The fourth-order valence-corrected chi connectivity index (χ4v) is 2.32. The van der Waals surface area contributed by atoms with E-state index in [1.807, 2.05) is 49.4 Å². The van der Waals surface area contributed by atoms with Crippen LogP contribution in [0.2, 0.25) is 0 Å². The summed E-state index contributed by atoms with van der Waals surface area (Å²) in [7, 11) is 0. The number of hydrogen-bond donors (Lipinski definition) is 0. The van der Waals surface area contributed by atoms with Crippen LogP contribution in [0.15, 0.2) is 60.8 Å². The molecule has 2 nitrogen and oxygen atoms in total. The maximum Gasteiger partial charge on any atom is 0.231 e. The summed E-state index contributed by atoms with van der Waals surface area (Å²) in [4.78, 5) is 0. The number of aryl methyl sites for hydroxylation is 1. The van der Waals surface area contributed by atoms with E-state index in [4.69, 9.17) is 0 Å². The van der Waals surface area contributed by atoms with Gasteiger partial charge in [-0.05, 0) is 36.2 Å². The Balaban J connectivity index is 2.41. The standard InChI is InChI=1S/C16H13NO/c1-12-10-14-8-5-9-17(18)16(14)15(11-12)13-6-3-2-4-7-13/h2-11H,1H3. The lowest BCUT2D eigenvalue weighted by atomic mass is 9.99. The van der Waals surface area contributed by atoms with E-state index in [-0.39, 0.29) is 0 Å². The van der Waals surface area contributed by atoms with Gasteiger partial charge in [-0.3, -0.25) is 0 Å². The van der Waals surface area contributed by atoms with Crippen LogP contribution in [0.3, 0.4) is 0 Å². The summed E-state index contributed by atoms with van der Waals surface area (Å²) in [5.41, 5.74) is 3.95. The Kier molecular flexibility index (Phi) is 2.49. The van der Waals surface area contributed by atoms with Gasteiger partial charge in [0.1, 0.15) is 0 Å². The number of hydrogen-bond acceptors (Lipinski definition) is 1. The molecule has 0 amide bonds. The molecule has 1 heterocycles. The van der Waals surface area contributed by atoms with Crippen LogP contribution < -0.4 is 4.73 Å². The van der Waals surface area contributed by atoms with Crippen LogP contribution in [0, 0.1) is 12.1 Å². The molecule has 3 aromatic rings. The lowest BCUT2D eigenvalue weighted by Crippen LogP contribution is -2.26. The van der Waals surface area contributed by atoms with E-state index in [0.717, 1.165) is 32.3 Å². The highest BCUT2D eigenvalue weighted by molar-refractivity contribution is 5.92. The molecule has 0 bridgehead atoms. The molecule has 0 spiro atoms. The van der Waals surface area contributed by atoms with E-state index in [9.17, 15) is 5.21 Å². The van der Waals surface area contributed by atoms with Crippen molar-refractivity contribution in [1.82, 2.24) is 0 Å². The zero-order valence-electron chi connectivity index (χ0n) is 10.1. The lowest BCUT2D eigenvalue weighted by molar-refractivity contribution is -0.576. The summed E-state index contributed by atoms with van der Waals surface area (Å²) in [5, 5.41) is 13.0. The molecule has 0 fully saturated rings. The van der Waals surface area contributed by atoms with Crippen molar-refractivity contribution >= 4 is 10.9 Å². The molecular formula is C16H13NO. The Labute approximate surface area is 106 Å². The molecule has 0 unspecified atom stereocenters. The van der Waals surface area contributed by atoms with Gasteiger partial charge in [0, 0.05) is 11.5 Å². The summed E-state index contributed by atoms with van der Waals surface area (Å²) >= 11 is 0. The van der Waals surface area contributed by atoms with Crippen LogP contribution in [0.4, 0.5) is 0 Å². The van der Waals surface area contributed by atoms with E-state index in [1.54, 1.807) is 12.3 Å². The van der Waals surface area contributed by atoms with E-state index >= 15 is 0 Å². The van der Waals surface area contributed by atoms with Crippen LogP contribution in [0.25, 0.3) is 22.0 Å². The average molecular weight is 235 g/mol. The highest BCUT2D eigenvalue weighted by atomic mass is 16.5. The quantitative estimate of drug-likeness (QED) is 0.469. The first-order valence-electron chi connectivity index (χ1n) is 5.94. The zero-order chi connectivity index (χ0) is 12.5. The largest absolute Gasteiger partial charge is 0.618 e. The second kappa shape index (κ2) is 4.15. The third kappa shape index (κ3) is 1.72. The Bertz CT molecular complexity index is 705. The maximum atomic E-state index is 12.0. The molecule has 0 aliphatic rings. The van der Waals surface area contributed by atoms with Gasteiger partial charge in [-0.25, -0.2) is 0 Å². The van der Waals surface area contributed by atoms with Gasteiger partial charge >= 0.3 is 0 Å². The van der Waals surface area contributed by atoms with E-state index in [1.165, 1.54) is 0 Å². The first-order valence-corrected chi connectivity index (χ1v) is 5.94. The Morgan fingerprint density at radius 3 is 2.50 bits per heavy atom. The van der Waals surface area contributed by atoms with E-state index in [2.05, 4.69) is 6.07 Å². The van der Waals surface area contributed by atoms with Crippen LogP contribution in [-0.2, 0) is 0 Å². The molecule has 2 aromatic carbocycles. The summed E-state index contributed by atoms with van der Waals surface area (Å²) in [6.07, 6.45) is 1.55. The van der Waals surface area contributed by atoms with Crippen LogP contribution >= 0.6 is 0 Å². The molecule has 18 heavy (non-hydrogen) atoms. The van der Waals surface area contributed by atoms with Gasteiger partial charge in [0.05, 0.1) is 5.56 Å². The fraction of sp³-hybridized carbons (Fsp3) is 0.0625. The second-order valence-corrected chi connectivity index (χ2v) is 4.45. The third-order valence-electron chi connectivity index (χ3n) is 3.09. The molecular weight excluding hydrogens is 222 g/mol. The maximum absolute atomic E-state index is 12.0. The topological polar surface area (TPSA) is 26.9 Å². The van der Waals surface area contributed by atoms with Gasteiger partial charge in [0.2, 0.25) is 5.52 Å². The molecule has 0 radical (unpaired) electrons. The number of nitrogens with zero attached hydrogens (tertiary/aromatic N) is 1. The fourth-order valence-electron chi connectivity index (χ4n) is 2.32. The van der Waals surface area contributed by atoms with Crippen LogP contribution in [0.1, 0.15) is 5.56 Å². The number of fused-ring (bicyclic) bond motifs is 1. The molecule has 2 heteroatoms. The van der Waals surface area contributed by atoms with Crippen LogP contribution in [0.5, 0.6) is 0 Å². The molecule has 88 valence electrons. The van der Waals surface area contributed by atoms with Crippen LogP contribution in [-0.4, -0.2) is 0 Å². The zero-order valence-corrected chi connectivity index (χ0v) is 10.1. The van der Waals surface area contributed by atoms with Gasteiger partial charge in [0.25, 0.3) is 0 Å². The number of aromatic nitrogens is 1. The smallest absolute Gasteiger partial charge is 0.231 e. The van der Waals surface area contributed by atoms with Gasteiger partial charge in [0.15, 0.2) is 6.20 Å². The summed E-state index contributed by atoms with van der Waals surface area (Å²) in [6.45, 7) is 2.05. The molecule has 3 rings (SSSR count). The van der Waals surface area contributed by atoms with E-state index < -0.39 is 0 Å². The third-order valence-corrected chi connectivity index (χ3v) is 3.09. The van der Waals surface area contributed by atoms with Crippen molar-refractivity contribution in [1.29, 1.82) is 0 Å². The van der Waals surface area contributed by atoms with Gasteiger partial charge < -0.3 is 5.21 Å². The molecule has 1 aromatic heterocycles. The summed E-state index contributed by atoms with van der Waals surface area (Å²) < 4.78 is 0.942. The molecule has 0 N–H and O–H groups in total. The normalized spacial score (nSPS) is 10.7. The van der Waals surface area contributed by atoms with Crippen molar-refractivity contribution < 1.29 is 4.73 Å². The minimum Gasteiger partial charge on any atom is -0.618 e. The van der Waals surface area contributed by atoms with Gasteiger partial charge in [-0.15, -0.1) is 0 Å². The first kappa shape index (κ1) is 10.8. The van der Waals surface area contributed by atoms with Gasteiger partial charge in [-0.1, -0.05) is 30.3 Å². The van der Waals surface area contributed by atoms with Crippen molar-refractivity contribution in [2.24, 2.45) is 0 Å². The number of benzene rings is 2.